The van der Waals surface area contributed by atoms with Gasteiger partial charge in [-0.15, -0.1) is 0 Å². The van der Waals surface area contributed by atoms with Crippen LogP contribution in [0, 0.1) is 0 Å². The van der Waals surface area contributed by atoms with Gasteiger partial charge in [0, 0.05) is 12.8 Å². The fourth-order valence-electron chi connectivity index (χ4n) is 9.69. The molecule has 408 valence electrons. The highest BCUT2D eigenvalue weighted by molar-refractivity contribution is 5.76. The van der Waals surface area contributed by atoms with Gasteiger partial charge in [0.15, 0.2) is 0 Å². The maximum atomic E-state index is 12.5. The van der Waals surface area contributed by atoms with Crippen molar-refractivity contribution in [3.63, 3.8) is 0 Å². The fraction of sp³-hybridized carbons (Fsp3) is 0.905. The van der Waals surface area contributed by atoms with E-state index >= 15 is 0 Å². The van der Waals surface area contributed by atoms with Crippen LogP contribution in [-0.4, -0.2) is 47.4 Å². The Hall–Kier alpha value is -1.66. The van der Waals surface area contributed by atoms with Crippen molar-refractivity contribution in [3.8, 4) is 0 Å². The van der Waals surface area contributed by atoms with Crippen LogP contribution in [0.1, 0.15) is 341 Å². The molecule has 0 spiro atoms. The standard InChI is InChI=1S/C63H121NO5/c1-3-5-7-9-11-13-15-17-19-20-21-22-23-24-28-31-35-39-43-47-51-55-61(66)60(59-65)64-62(67)56-52-48-44-40-36-32-29-25-26-30-34-38-42-46-50-54-58-69-63(68)57-53-49-45-41-37-33-27-18-16-14-12-10-8-6-4-2/h25,29,51,55,60-61,65-66H,3-24,26-28,30-50,52-54,56-59H2,1-2H3,(H,64,67)/b29-25-,55-51+. The molecule has 0 rings (SSSR count). The first-order valence-corrected chi connectivity index (χ1v) is 31.1. The Labute approximate surface area is 431 Å². The lowest BCUT2D eigenvalue weighted by Crippen LogP contribution is -2.45. The van der Waals surface area contributed by atoms with E-state index in [0.717, 1.165) is 64.2 Å². The molecular weight excluding hydrogens is 851 g/mol. The van der Waals surface area contributed by atoms with Crippen molar-refractivity contribution in [2.24, 2.45) is 0 Å². The van der Waals surface area contributed by atoms with Gasteiger partial charge in [0.1, 0.15) is 0 Å². The smallest absolute Gasteiger partial charge is 0.305 e. The second-order valence-electron chi connectivity index (χ2n) is 21.4. The van der Waals surface area contributed by atoms with E-state index in [1.165, 1.54) is 250 Å². The highest BCUT2D eigenvalue weighted by atomic mass is 16.5. The van der Waals surface area contributed by atoms with E-state index in [9.17, 15) is 19.8 Å². The summed E-state index contributed by atoms with van der Waals surface area (Å²) < 4.78 is 5.48. The van der Waals surface area contributed by atoms with Gasteiger partial charge in [-0.3, -0.25) is 9.59 Å². The number of nitrogens with one attached hydrogen (secondary N) is 1. The summed E-state index contributed by atoms with van der Waals surface area (Å²) in [5.74, 6) is -0.0823. The van der Waals surface area contributed by atoms with Gasteiger partial charge in [-0.1, -0.05) is 295 Å². The quantitative estimate of drug-likeness (QED) is 0.0321. The normalized spacial score (nSPS) is 12.7. The molecule has 0 aliphatic rings. The minimum atomic E-state index is -0.855. The number of carbonyl (C=O) groups is 2. The third-order valence-electron chi connectivity index (χ3n) is 14.5. The van der Waals surface area contributed by atoms with Crippen molar-refractivity contribution in [2.75, 3.05) is 13.2 Å². The second-order valence-corrected chi connectivity index (χ2v) is 21.4. The third kappa shape index (κ3) is 55.5. The van der Waals surface area contributed by atoms with E-state index in [-0.39, 0.29) is 18.5 Å². The van der Waals surface area contributed by atoms with Crippen molar-refractivity contribution in [1.82, 2.24) is 5.32 Å². The predicted molar refractivity (Wildman–Crippen MR) is 301 cm³/mol. The highest BCUT2D eigenvalue weighted by Gasteiger charge is 2.18. The van der Waals surface area contributed by atoms with E-state index < -0.39 is 12.1 Å². The summed E-state index contributed by atoms with van der Waals surface area (Å²) in [5, 5.41) is 23.2. The first-order chi connectivity index (χ1) is 34.0. The number of hydrogen-bond donors (Lipinski definition) is 3. The first kappa shape index (κ1) is 67.3. The molecule has 2 unspecified atom stereocenters. The summed E-state index contributed by atoms with van der Waals surface area (Å²) in [4.78, 5) is 24.5. The van der Waals surface area contributed by atoms with Gasteiger partial charge in [0.25, 0.3) is 0 Å². The van der Waals surface area contributed by atoms with Crippen LogP contribution in [0.15, 0.2) is 24.3 Å². The monoisotopic (exact) mass is 972 g/mol. The van der Waals surface area contributed by atoms with Crippen molar-refractivity contribution >= 4 is 11.9 Å². The van der Waals surface area contributed by atoms with Crippen molar-refractivity contribution in [3.05, 3.63) is 24.3 Å². The molecule has 0 heterocycles. The minimum absolute atomic E-state index is 0.000380. The number of amides is 1. The minimum Gasteiger partial charge on any atom is -0.466 e. The number of carbonyl (C=O) groups excluding carboxylic acids is 2. The molecule has 0 aromatic heterocycles. The Morgan fingerprint density at radius 1 is 0.391 bits per heavy atom. The first-order valence-electron chi connectivity index (χ1n) is 31.1. The zero-order chi connectivity index (χ0) is 50.0. The number of unbranched alkanes of at least 4 members (excludes halogenated alkanes) is 45. The number of aliphatic hydroxyl groups is 2. The highest BCUT2D eigenvalue weighted by Crippen LogP contribution is 2.17. The number of rotatable bonds is 58. The molecule has 0 aliphatic heterocycles. The van der Waals surface area contributed by atoms with Crippen LogP contribution in [0.4, 0.5) is 0 Å². The molecule has 0 saturated carbocycles. The maximum Gasteiger partial charge on any atom is 0.305 e. The molecule has 6 nitrogen and oxygen atoms in total. The Bertz CT molecular complexity index is 1080. The SMILES string of the molecule is CCCCCCCCCCCCCCCCCCCCC/C=C/C(O)C(CO)NC(=O)CCCCCCC/C=C\CCCCCCCCCOC(=O)CCCCCCCCCCCCCCCCC. The zero-order valence-electron chi connectivity index (χ0n) is 46.6. The molecule has 69 heavy (non-hydrogen) atoms. The van der Waals surface area contributed by atoms with Crippen molar-refractivity contribution < 1.29 is 24.5 Å². The van der Waals surface area contributed by atoms with Crippen molar-refractivity contribution in [2.45, 2.75) is 353 Å². The molecule has 0 fully saturated rings. The molecule has 0 bridgehead atoms. The van der Waals surface area contributed by atoms with E-state index in [2.05, 4.69) is 31.3 Å². The van der Waals surface area contributed by atoms with E-state index in [4.69, 9.17) is 4.74 Å². The summed E-state index contributed by atoms with van der Waals surface area (Å²) in [6.45, 7) is 4.91. The number of esters is 1. The summed E-state index contributed by atoms with van der Waals surface area (Å²) in [7, 11) is 0. The predicted octanol–water partition coefficient (Wildman–Crippen LogP) is 19.4. The molecular formula is C63H121NO5. The molecule has 2 atom stereocenters. The molecule has 0 aliphatic carbocycles. The Morgan fingerprint density at radius 3 is 1.03 bits per heavy atom. The van der Waals surface area contributed by atoms with Gasteiger partial charge in [0.05, 0.1) is 25.4 Å². The lowest BCUT2D eigenvalue weighted by molar-refractivity contribution is -0.143. The second kappa shape index (κ2) is 58.9. The fourth-order valence-corrected chi connectivity index (χ4v) is 9.69. The van der Waals surface area contributed by atoms with Crippen LogP contribution in [0.25, 0.3) is 0 Å². The summed E-state index contributed by atoms with van der Waals surface area (Å²) >= 11 is 0. The zero-order valence-corrected chi connectivity index (χ0v) is 46.6. The number of allylic oxidation sites excluding steroid dienone is 3. The molecule has 0 aromatic carbocycles. The maximum absolute atomic E-state index is 12.5. The van der Waals surface area contributed by atoms with Crippen molar-refractivity contribution in [1.29, 1.82) is 0 Å². The molecule has 0 aromatic rings. The Kier molecular flexibility index (Phi) is 57.5. The van der Waals surface area contributed by atoms with Crippen LogP contribution >= 0.6 is 0 Å². The number of ether oxygens (including phenoxy) is 1. The summed E-state index contributed by atoms with van der Waals surface area (Å²) in [6, 6.07) is -0.641. The van der Waals surface area contributed by atoms with Crippen LogP contribution in [-0.2, 0) is 14.3 Å². The molecule has 6 heteroatoms. The van der Waals surface area contributed by atoms with Gasteiger partial charge in [0.2, 0.25) is 5.91 Å². The van der Waals surface area contributed by atoms with Gasteiger partial charge >= 0.3 is 5.97 Å². The van der Waals surface area contributed by atoms with Gasteiger partial charge in [-0.05, 0) is 57.8 Å². The third-order valence-corrected chi connectivity index (χ3v) is 14.5. The van der Waals surface area contributed by atoms with E-state index in [1.807, 2.05) is 6.08 Å². The lowest BCUT2D eigenvalue weighted by atomic mass is 10.0. The summed E-state index contributed by atoms with van der Waals surface area (Å²) in [5.41, 5.74) is 0. The van der Waals surface area contributed by atoms with Gasteiger partial charge in [-0.2, -0.15) is 0 Å². The lowest BCUT2D eigenvalue weighted by Gasteiger charge is -2.20. The topological polar surface area (TPSA) is 95.9 Å². The average Bonchev–Trinajstić information content (AvgIpc) is 3.35. The Morgan fingerprint density at radius 2 is 0.681 bits per heavy atom. The van der Waals surface area contributed by atoms with Crippen LogP contribution in [0.5, 0.6) is 0 Å². The van der Waals surface area contributed by atoms with E-state index in [1.54, 1.807) is 6.08 Å². The molecule has 0 radical (unpaired) electrons. The molecule has 1 amide bonds. The molecule has 3 N–H and O–H groups in total. The summed E-state index contributed by atoms with van der Waals surface area (Å²) in [6.07, 6.45) is 72.1. The molecule has 0 saturated heterocycles. The van der Waals surface area contributed by atoms with Crippen LogP contribution < -0.4 is 5.32 Å². The number of hydrogen-bond acceptors (Lipinski definition) is 5. The Balaban J connectivity index is 3.48. The largest absolute Gasteiger partial charge is 0.466 e. The van der Waals surface area contributed by atoms with Gasteiger partial charge in [-0.25, -0.2) is 0 Å². The van der Waals surface area contributed by atoms with E-state index in [0.29, 0.717) is 19.4 Å². The van der Waals surface area contributed by atoms with Crippen LogP contribution in [0.2, 0.25) is 0 Å². The number of aliphatic hydroxyl groups excluding tert-OH is 2. The van der Waals surface area contributed by atoms with Gasteiger partial charge < -0.3 is 20.3 Å². The van der Waals surface area contributed by atoms with Crippen LogP contribution in [0.3, 0.4) is 0 Å². The average molecular weight is 973 g/mol.